The standard InChI is InChI=1S/C20H27N3O5S/c1-6-8-27-11-14(24)9-23(12(3)4)10-15-21-18(25)16-13(5)17(20(26)28-7-2)29-19(16)22-15/h1,12,14,24H,7-11H2,2-5H3,(H,21,22,25)/t14-/m1/s1. The van der Waals surface area contributed by atoms with E-state index in [2.05, 4.69) is 15.9 Å². The number of aliphatic hydroxyl groups is 1. The van der Waals surface area contributed by atoms with Crippen LogP contribution in [0.15, 0.2) is 4.79 Å². The smallest absolute Gasteiger partial charge is 0.348 e. The van der Waals surface area contributed by atoms with Crippen molar-refractivity contribution in [2.75, 3.05) is 26.4 Å². The predicted molar refractivity (Wildman–Crippen MR) is 112 cm³/mol. The molecular formula is C20H27N3O5S. The second-order valence-corrected chi connectivity index (χ2v) is 7.86. The van der Waals surface area contributed by atoms with E-state index >= 15 is 0 Å². The molecule has 2 N–H and O–H groups in total. The maximum Gasteiger partial charge on any atom is 0.348 e. The van der Waals surface area contributed by atoms with Crippen LogP contribution >= 0.6 is 11.3 Å². The van der Waals surface area contributed by atoms with Crippen molar-refractivity contribution in [3.8, 4) is 12.3 Å². The molecule has 0 aliphatic carbocycles. The summed E-state index contributed by atoms with van der Waals surface area (Å²) in [6.07, 6.45) is 4.42. The van der Waals surface area contributed by atoms with Gasteiger partial charge in [0.15, 0.2) is 0 Å². The molecule has 0 aliphatic rings. The predicted octanol–water partition coefficient (Wildman–Crippen LogP) is 1.69. The lowest BCUT2D eigenvalue weighted by Gasteiger charge is -2.28. The first-order chi connectivity index (χ1) is 13.8. The molecule has 2 aromatic rings. The Morgan fingerprint density at radius 2 is 2.17 bits per heavy atom. The number of rotatable bonds is 10. The summed E-state index contributed by atoms with van der Waals surface area (Å²) in [6, 6.07) is 0.0958. The summed E-state index contributed by atoms with van der Waals surface area (Å²) in [5.74, 6) is 2.37. The lowest BCUT2D eigenvalue weighted by Crippen LogP contribution is -2.39. The lowest BCUT2D eigenvalue weighted by atomic mass is 10.2. The summed E-state index contributed by atoms with van der Waals surface area (Å²) in [5.41, 5.74) is 0.279. The molecule has 0 bridgehead atoms. The average molecular weight is 422 g/mol. The number of nitrogens with zero attached hydrogens (tertiary/aromatic N) is 2. The van der Waals surface area contributed by atoms with Crippen LogP contribution in [0.1, 0.15) is 41.8 Å². The highest BCUT2D eigenvalue weighted by Gasteiger charge is 2.22. The van der Waals surface area contributed by atoms with Gasteiger partial charge in [-0.1, -0.05) is 5.92 Å². The Balaban J connectivity index is 2.24. The molecule has 2 heterocycles. The number of fused-ring (bicyclic) bond motifs is 1. The molecule has 1 atom stereocenters. The third kappa shape index (κ3) is 5.87. The van der Waals surface area contributed by atoms with Gasteiger partial charge in [-0.05, 0) is 33.3 Å². The van der Waals surface area contributed by atoms with Crippen molar-refractivity contribution in [3.05, 3.63) is 26.6 Å². The van der Waals surface area contributed by atoms with Gasteiger partial charge in [0.05, 0.1) is 31.2 Å². The molecule has 0 spiro atoms. The molecule has 0 aromatic carbocycles. The molecule has 158 valence electrons. The molecule has 0 aliphatic heterocycles. The number of thiophene rings is 1. The number of aromatic amines is 1. The van der Waals surface area contributed by atoms with Crippen LogP contribution in [0.3, 0.4) is 0 Å². The molecule has 0 amide bonds. The Labute approximate surface area is 173 Å². The number of carbonyl (C=O) groups excluding carboxylic acids is 1. The largest absolute Gasteiger partial charge is 0.462 e. The Kier molecular flexibility index (Phi) is 8.34. The fourth-order valence-corrected chi connectivity index (χ4v) is 3.98. The van der Waals surface area contributed by atoms with Crippen LogP contribution in [0.25, 0.3) is 10.2 Å². The fraction of sp³-hybridized carbons (Fsp3) is 0.550. The van der Waals surface area contributed by atoms with Crippen LogP contribution in [0.5, 0.6) is 0 Å². The molecule has 0 radical (unpaired) electrons. The first-order valence-electron chi connectivity index (χ1n) is 9.41. The highest BCUT2D eigenvalue weighted by molar-refractivity contribution is 7.20. The molecular weight excluding hydrogens is 394 g/mol. The zero-order valence-corrected chi connectivity index (χ0v) is 18.0. The number of nitrogens with one attached hydrogen (secondary N) is 1. The van der Waals surface area contributed by atoms with E-state index in [1.165, 1.54) is 0 Å². The van der Waals surface area contributed by atoms with Gasteiger partial charge < -0.3 is 19.6 Å². The molecule has 8 nitrogen and oxygen atoms in total. The summed E-state index contributed by atoms with van der Waals surface area (Å²) in [7, 11) is 0. The lowest BCUT2D eigenvalue weighted by molar-refractivity contribution is 0.0186. The van der Waals surface area contributed by atoms with E-state index < -0.39 is 12.1 Å². The second-order valence-electron chi connectivity index (χ2n) is 6.87. The SMILES string of the molecule is C#CCOC[C@H](O)CN(Cc1nc2sc(C(=O)OCC)c(C)c2c(=O)[nH]1)C(C)C. The monoisotopic (exact) mass is 421 g/mol. The number of terminal acetylenes is 1. The van der Waals surface area contributed by atoms with Crippen molar-refractivity contribution in [2.24, 2.45) is 0 Å². The number of carbonyl (C=O) groups is 1. The number of aliphatic hydroxyl groups excluding tert-OH is 1. The number of esters is 1. The van der Waals surface area contributed by atoms with Crippen LogP contribution in [0.2, 0.25) is 0 Å². The number of hydrogen-bond donors (Lipinski definition) is 2. The van der Waals surface area contributed by atoms with Crippen LogP contribution in [0.4, 0.5) is 0 Å². The minimum atomic E-state index is -0.722. The Bertz CT molecular complexity index is 944. The van der Waals surface area contributed by atoms with Gasteiger partial charge in [-0.25, -0.2) is 9.78 Å². The summed E-state index contributed by atoms with van der Waals surface area (Å²) < 4.78 is 10.2. The summed E-state index contributed by atoms with van der Waals surface area (Å²) in [6.45, 7) is 8.62. The maximum atomic E-state index is 12.6. The number of aromatic nitrogens is 2. The quantitative estimate of drug-likeness (QED) is 0.342. The van der Waals surface area contributed by atoms with Crippen molar-refractivity contribution in [1.82, 2.24) is 14.9 Å². The van der Waals surface area contributed by atoms with Crippen LogP contribution in [-0.2, 0) is 16.0 Å². The number of H-pyrrole nitrogens is 1. The van der Waals surface area contributed by atoms with Crippen molar-refractivity contribution >= 4 is 27.5 Å². The first-order valence-corrected chi connectivity index (χ1v) is 10.2. The van der Waals surface area contributed by atoms with Crippen molar-refractivity contribution < 1.29 is 19.4 Å². The van der Waals surface area contributed by atoms with Gasteiger partial charge in [-0.15, -0.1) is 17.8 Å². The van der Waals surface area contributed by atoms with Gasteiger partial charge in [-0.3, -0.25) is 9.69 Å². The van der Waals surface area contributed by atoms with Crippen molar-refractivity contribution in [2.45, 2.75) is 46.4 Å². The van der Waals surface area contributed by atoms with Gasteiger partial charge >= 0.3 is 5.97 Å². The maximum absolute atomic E-state index is 12.6. The average Bonchev–Trinajstić information content (AvgIpc) is 2.98. The van der Waals surface area contributed by atoms with E-state index in [1.807, 2.05) is 18.7 Å². The van der Waals surface area contributed by atoms with Gasteiger partial charge in [0, 0.05) is 12.6 Å². The van der Waals surface area contributed by atoms with E-state index in [0.717, 1.165) is 11.3 Å². The third-order valence-electron chi connectivity index (χ3n) is 4.33. The second kappa shape index (κ2) is 10.5. The molecule has 9 heteroatoms. The summed E-state index contributed by atoms with van der Waals surface area (Å²) in [4.78, 5) is 34.9. The first kappa shape index (κ1) is 23.0. The van der Waals surface area contributed by atoms with Gasteiger partial charge in [0.25, 0.3) is 5.56 Å². The number of aryl methyl sites for hydroxylation is 1. The Morgan fingerprint density at radius 1 is 1.45 bits per heavy atom. The molecule has 2 aromatic heterocycles. The highest BCUT2D eigenvalue weighted by atomic mass is 32.1. The van der Waals surface area contributed by atoms with Gasteiger partial charge in [-0.2, -0.15) is 0 Å². The van der Waals surface area contributed by atoms with Crippen molar-refractivity contribution in [1.29, 1.82) is 0 Å². The minimum absolute atomic E-state index is 0.0958. The van der Waals surface area contributed by atoms with E-state index in [1.54, 1.807) is 13.8 Å². The minimum Gasteiger partial charge on any atom is -0.462 e. The van der Waals surface area contributed by atoms with Gasteiger partial charge in [0.2, 0.25) is 0 Å². The Morgan fingerprint density at radius 3 is 2.79 bits per heavy atom. The zero-order chi connectivity index (χ0) is 21.6. The van der Waals surface area contributed by atoms with Crippen LogP contribution < -0.4 is 5.56 Å². The van der Waals surface area contributed by atoms with Crippen LogP contribution in [-0.4, -0.2) is 64.5 Å². The summed E-state index contributed by atoms with van der Waals surface area (Å²) >= 11 is 1.15. The Hall–Kier alpha value is -2.25. The van der Waals surface area contributed by atoms with E-state index in [9.17, 15) is 14.7 Å². The third-order valence-corrected chi connectivity index (χ3v) is 5.50. The zero-order valence-electron chi connectivity index (χ0n) is 17.2. The fourth-order valence-electron chi connectivity index (χ4n) is 2.88. The van der Waals surface area contributed by atoms with E-state index in [4.69, 9.17) is 15.9 Å². The normalized spacial score (nSPS) is 12.5. The molecule has 29 heavy (non-hydrogen) atoms. The summed E-state index contributed by atoms with van der Waals surface area (Å²) in [5, 5.41) is 10.6. The van der Waals surface area contributed by atoms with Gasteiger partial charge in [0.1, 0.15) is 22.1 Å². The van der Waals surface area contributed by atoms with Crippen LogP contribution in [0, 0.1) is 19.3 Å². The molecule has 2 rings (SSSR count). The van der Waals surface area contributed by atoms with E-state index in [-0.39, 0.29) is 31.4 Å². The highest BCUT2D eigenvalue weighted by Crippen LogP contribution is 2.27. The number of hydrogen-bond acceptors (Lipinski definition) is 8. The molecule has 0 saturated heterocycles. The topological polar surface area (TPSA) is 105 Å². The van der Waals surface area contributed by atoms with Crippen molar-refractivity contribution in [3.63, 3.8) is 0 Å². The molecule has 0 saturated carbocycles. The molecule has 0 unspecified atom stereocenters. The van der Waals surface area contributed by atoms with E-state index in [0.29, 0.717) is 39.6 Å². The molecule has 0 fully saturated rings. The number of ether oxygens (including phenoxy) is 2.